The van der Waals surface area contributed by atoms with E-state index in [0.29, 0.717) is 0 Å². The quantitative estimate of drug-likeness (QED) is 0.488. The van der Waals surface area contributed by atoms with Gasteiger partial charge in [-0.25, -0.2) is 0 Å². The molecule has 0 atom stereocenters. The Hall–Kier alpha value is -2.61. The Morgan fingerprint density at radius 1 is 0.737 bits per heavy atom. The molecule has 0 saturated carbocycles. The molecule has 0 N–H and O–H groups in total. The van der Waals surface area contributed by atoms with Gasteiger partial charge < -0.3 is 4.42 Å². The normalized spacial score (nSPS) is 11.2. The van der Waals surface area contributed by atoms with Gasteiger partial charge in [-0.3, -0.25) is 4.98 Å². The summed E-state index contributed by atoms with van der Waals surface area (Å²) in [7, 11) is 0. The topological polar surface area (TPSA) is 26.0 Å². The molecule has 0 saturated heterocycles. The van der Waals surface area contributed by atoms with E-state index in [1.165, 1.54) is 5.56 Å². The molecule has 0 aliphatic rings. The first kappa shape index (κ1) is 10.3. The molecule has 4 rings (SSSR count). The van der Waals surface area contributed by atoms with Gasteiger partial charge in [0.2, 0.25) is 0 Å². The minimum absolute atomic E-state index is 0.836. The van der Waals surface area contributed by atoms with Crippen LogP contribution in [0.4, 0.5) is 0 Å². The second-order valence-corrected chi connectivity index (χ2v) is 4.53. The SMILES string of the molecule is c1ccc(-c2ccc3c(c2)oc2cccnc23)cc1. The summed E-state index contributed by atoms with van der Waals surface area (Å²) in [6.45, 7) is 0. The molecule has 0 unspecified atom stereocenters. The summed E-state index contributed by atoms with van der Waals surface area (Å²) < 4.78 is 5.85. The van der Waals surface area contributed by atoms with E-state index in [1.54, 1.807) is 6.20 Å². The van der Waals surface area contributed by atoms with E-state index in [9.17, 15) is 0 Å². The van der Waals surface area contributed by atoms with E-state index < -0.39 is 0 Å². The molecule has 2 aromatic heterocycles. The molecular weight excluding hydrogens is 234 g/mol. The summed E-state index contributed by atoms with van der Waals surface area (Å²) in [5.41, 5.74) is 5.00. The van der Waals surface area contributed by atoms with Crippen LogP contribution in [-0.4, -0.2) is 4.98 Å². The van der Waals surface area contributed by atoms with Crippen LogP contribution in [0.2, 0.25) is 0 Å². The Labute approximate surface area is 110 Å². The van der Waals surface area contributed by atoms with Gasteiger partial charge in [-0.15, -0.1) is 0 Å². The fourth-order valence-electron chi connectivity index (χ4n) is 2.41. The molecule has 0 aliphatic heterocycles. The Morgan fingerprint density at radius 3 is 2.53 bits per heavy atom. The van der Waals surface area contributed by atoms with Crippen LogP contribution in [0.1, 0.15) is 0 Å². The van der Waals surface area contributed by atoms with Crippen LogP contribution in [0.5, 0.6) is 0 Å². The lowest BCUT2D eigenvalue weighted by atomic mass is 10.0. The predicted octanol–water partition coefficient (Wildman–Crippen LogP) is 4.65. The number of furan rings is 1. The fourth-order valence-corrected chi connectivity index (χ4v) is 2.41. The Bertz CT molecular complexity index is 862. The average Bonchev–Trinajstić information content (AvgIpc) is 2.86. The zero-order valence-electron chi connectivity index (χ0n) is 10.2. The molecule has 4 aromatic rings. The maximum Gasteiger partial charge on any atom is 0.153 e. The monoisotopic (exact) mass is 245 g/mol. The number of benzene rings is 2. The van der Waals surface area contributed by atoms with E-state index in [1.807, 2.05) is 30.3 Å². The standard InChI is InChI=1S/C17H11NO/c1-2-5-12(6-3-1)13-8-9-14-16(11-13)19-15-7-4-10-18-17(14)15/h1-11H. The number of hydrogen-bond donors (Lipinski definition) is 0. The Kier molecular flexibility index (Phi) is 2.15. The van der Waals surface area contributed by atoms with Crippen molar-refractivity contribution in [1.29, 1.82) is 0 Å². The van der Waals surface area contributed by atoms with Crippen molar-refractivity contribution in [3.05, 3.63) is 66.9 Å². The van der Waals surface area contributed by atoms with Gasteiger partial charge in [-0.2, -0.15) is 0 Å². The number of fused-ring (bicyclic) bond motifs is 3. The summed E-state index contributed by atoms with van der Waals surface area (Å²) in [6.07, 6.45) is 1.79. The summed E-state index contributed by atoms with van der Waals surface area (Å²) in [5, 5.41) is 1.07. The Balaban J connectivity index is 1.99. The highest BCUT2D eigenvalue weighted by Gasteiger charge is 2.08. The smallest absolute Gasteiger partial charge is 0.153 e. The van der Waals surface area contributed by atoms with E-state index >= 15 is 0 Å². The third-order valence-electron chi connectivity index (χ3n) is 3.33. The number of rotatable bonds is 1. The van der Waals surface area contributed by atoms with E-state index in [2.05, 4.69) is 35.3 Å². The highest BCUT2D eigenvalue weighted by molar-refractivity contribution is 6.03. The van der Waals surface area contributed by atoms with E-state index in [0.717, 1.165) is 27.6 Å². The van der Waals surface area contributed by atoms with Crippen molar-refractivity contribution in [1.82, 2.24) is 4.98 Å². The van der Waals surface area contributed by atoms with Crippen molar-refractivity contribution in [2.24, 2.45) is 0 Å². The second kappa shape index (κ2) is 3.95. The van der Waals surface area contributed by atoms with Crippen LogP contribution in [0.15, 0.2) is 71.3 Å². The first-order valence-corrected chi connectivity index (χ1v) is 6.24. The summed E-state index contributed by atoms with van der Waals surface area (Å²) in [5.74, 6) is 0. The molecule has 2 aromatic carbocycles. The predicted molar refractivity (Wildman–Crippen MR) is 77.0 cm³/mol. The Morgan fingerprint density at radius 2 is 1.63 bits per heavy atom. The summed E-state index contributed by atoms with van der Waals surface area (Å²) >= 11 is 0. The first-order chi connectivity index (χ1) is 9.42. The van der Waals surface area contributed by atoms with Crippen LogP contribution in [0, 0.1) is 0 Å². The van der Waals surface area contributed by atoms with Crippen molar-refractivity contribution in [2.75, 3.05) is 0 Å². The zero-order valence-corrected chi connectivity index (χ0v) is 10.2. The first-order valence-electron chi connectivity index (χ1n) is 6.24. The maximum absolute atomic E-state index is 5.85. The number of aromatic nitrogens is 1. The lowest BCUT2D eigenvalue weighted by Crippen LogP contribution is -1.76. The summed E-state index contributed by atoms with van der Waals surface area (Å²) in [4.78, 5) is 4.38. The number of pyridine rings is 1. The van der Waals surface area contributed by atoms with Gasteiger partial charge in [0.15, 0.2) is 5.58 Å². The highest BCUT2D eigenvalue weighted by atomic mass is 16.3. The van der Waals surface area contributed by atoms with Crippen molar-refractivity contribution in [3.63, 3.8) is 0 Å². The van der Waals surface area contributed by atoms with Crippen molar-refractivity contribution in [3.8, 4) is 11.1 Å². The third kappa shape index (κ3) is 1.61. The maximum atomic E-state index is 5.85. The molecule has 0 bridgehead atoms. The van der Waals surface area contributed by atoms with Gasteiger partial charge in [0.25, 0.3) is 0 Å². The molecule has 0 radical (unpaired) electrons. The third-order valence-corrected chi connectivity index (χ3v) is 3.33. The molecule has 0 aliphatic carbocycles. The fraction of sp³-hybridized carbons (Fsp3) is 0. The van der Waals surface area contributed by atoms with Crippen molar-refractivity contribution in [2.45, 2.75) is 0 Å². The molecule has 0 amide bonds. The van der Waals surface area contributed by atoms with E-state index in [4.69, 9.17) is 4.42 Å². The number of nitrogens with zero attached hydrogens (tertiary/aromatic N) is 1. The molecule has 19 heavy (non-hydrogen) atoms. The van der Waals surface area contributed by atoms with Gasteiger partial charge >= 0.3 is 0 Å². The molecular formula is C17H11NO. The number of hydrogen-bond acceptors (Lipinski definition) is 2. The minimum atomic E-state index is 0.836. The highest BCUT2D eigenvalue weighted by Crippen LogP contribution is 2.30. The lowest BCUT2D eigenvalue weighted by Gasteiger charge is -2.00. The van der Waals surface area contributed by atoms with E-state index in [-0.39, 0.29) is 0 Å². The van der Waals surface area contributed by atoms with Crippen LogP contribution in [0.3, 0.4) is 0 Å². The second-order valence-electron chi connectivity index (χ2n) is 4.53. The largest absolute Gasteiger partial charge is 0.454 e. The van der Waals surface area contributed by atoms with Crippen LogP contribution >= 0.6 is 0 Å². The molecule has 2 heteroatoms. The zero-order chi connectivity index (χ0) is 12.7. The van der Waals surface area contributed by atoms with Crippen molar-refractivity contribution < 1.29 is 4.42 Å². The van der Waals surface area contributed by atoms with Gasteiger partial charge in [0.1, 0.15) is 11.1 Å². The summed E-state index contributed by atoms with van der Waals surface area (Å²) in [6, 6.07) is 20.4. The van der Waals surface area contributed by atoms with Crippen molar-refractivity contribution >= 4 is 22.1 Å². The van der Waals surface area contributed by atoms with Crippen LogP contribution < -0.4 is 0 Å². The molecule has 0 spiro atoms. The minimum Gasteiger partial charge on any atom is -0.454 e. The molecule has 2 nitrogen and oxygen atoms in total. The average molecular weight is 245 g/mol. The molecule has 0 fully saturated rings. The van der Waals surface area contributed by atoms with Gasteiger partial charge in [0, 0.05) is 11.6 Å². The van der Waals surface area contributed by atoms with Crippen LogP contribution in [-0.2, 0) is 0 Å². The van der Waals surface area contributed by atoms with Crippen LogP contribution in [0.25, 0.3) is 33.2 Å². The van der Waals surface area contributed by atoms with Gasteiger partial charge in [-0.05, 0) is 35.4 Å². The molecule has 90 valence electrons. The van der Waals surface area contributed by atoms with Gasteiger partial charge in [0.05, 0.1) is 0 Å². The molecule has 2 heterocycles. The van der Waals surface area contributed by atoms with Gasteiger partial charge in [-0.1, -0.05) is 36.4 Å². The lowest BCUT2D eigenvalue weighted by molar-refractivity contribution is 0.668.